The molecule has 3 heteroatoms. The quantitative estimate of drug-likeness (QED) is 0.566. The second kappa shape index (κ2) is 7.45. The molecule has 0 spiro atoms. The number of benzene rings is 2. The highest BCUT2D eigenvalue weighted by Crippen LogP contribution is 2.46. The zero-order chi connectivity index (χ0) is 17.9. The number of anilines is 1. The van der Waals surface area contributed by atoms with E-state index in [1.165, 1.54) is 22.9 Å². The standard InChI is InChI=1S/C20H19ClN2.C2H6/c1-14-17(6-2-7-18(14)21)20(10-4-11-20)23-16-9-8-15-5-3-12-22-19(15)13-16;1-2/h2-3,5-9,12-13,23H,4,10-11H2,1H3;1-2H3. The first-order valence-electron chi connectivity index (χ1n) is 9.07. The topological polar surface area (TPSA) is 24.9 Å². The minimum absolute atomic E-state index is 0.00254. The van der Waals surface area contributed by atoms with Gasteiger partial charge in [-0.25, -0.2) is 0 Å². The van der Waals surface area contributed by atoms with Crippen LogP contribution in [0, 0.1) is 6.92 Å². The van der Waals surface area contributed by atoms with E-state index in [9.17, 15) is 0 Å². The molecule has 2 aromatic carbocycles. The molecule has 0 radical (unpaired) electrons. The van der Waals surface area contributed by atoms with Gasteiger partial charge >= 0.3 is 0 Å². The first kappa shape index (κ1) is 17.8. The van der Waals surface area contributed by atoms with Gasteiger partial charge in [0.15, 0.2) is 0 Å². The third kappa shape index (κ3) is 3.36. The summed E-state index contributed by atoms with van der Waals surface area (Å²) in [5.41, 5.74) is 4.64. The molecule has 0 aliphatic heterocycles. The van der Waals surface area contributed by atoms with Gasteiger partial charge in [-0.15, -0.1) is 0 Å². The van der Waals surface area contributed by atoms with Crippen LogP contribution in [0.25, 0.3) is 10.9 Å². The van der Waals surface area contributed by atoms with Gasteiger partial charge in [0, 0.05) is 22.3 Å². The summed E-state index contributed by atoms with van der Waals surface area (Å²) in [7, 11) is 0. The van der Waals surface area contributed by atoms with E-state index in [1.54, 1.807) is 0 Å². The minimum Gasteiger partial charge on any atom is -0.375 e. The van der Waals surface area contributed by atoms with E-state index >= 15 is 0 Å². The number of nitrogens with one attached hydrogen (secondary N) is 1. The maximum absolute atomic E-state index is 6.34. The van der Waals surface area contributed by atoms with Crippen molar-refractivity contribution >= 4 is 28.2 Å². The van der Waals surface area contributed by atoms with Crippen LogP contribution in [0.5, 0.6) is 0 Å². The van der Waals surface area contributed by atoms with E-state index in [0.29, 0.717) is 0 Å². The highest BCUT2D eigenvalue weighted by molar-refractivity contribution is 6.31. The lowest BCUT2D eigenvalue weighted by molar-refractivity contribution is 0.283. The Balaban J connectivity index is 0.000000880. The Labute approximate surface area is 155 Å². The monoisotopic (exact) mass is 352 g/mol. The Morgan fingerprint density at radius 3 is 2.56 bits per heavy atom. The molecule has 0 amide bonds. The molecule has 2 nitrogen and oxygen atoms in total. The van der Waals surface area contributed by atoms with E-state index in [1.807, 2.05) is 38.2 Å². The summed E-state index contributed by atoms with van der Waals surface area (Å²) < 4.78 is 0. The highest BCUT2D eigenvalue weighted by Gasteiger charge is 2.39. The zero-order valence-electron chi connectivity index (χ0n) is 15.1. The third-order valence-corrected chi connectivity index (χ3v) is 5.39. The van der Waals surface area contributed by atoms with E-state index in [4.69, 9.17) is 11.6 Å². The number of pyridine rings is 1. The molecular formula is C22H25ClN2. The summed E-state index contributed by atoms with van der Waals surface area (Å²) in [5, 5.41) is 5.78. The number of fused-ring (bicyclic) bond motifs is 1. The van der Waals surface area contributed by atoms with Crippen molar-refractivity contribution in [3.63, 3.8) is 0 Å². The van der Waals surface area contributed by atoms with Crippen LogP contribution in [0.1, 0.15) is 44.2 Å². The average molecular weight is 353 g/mol. The summed E-state index contributed by atoms with van der Waals surface area (Å²) in [6.45, 7) is 6.11. The van der Waals surface area contributed by atoms with Crippen LogP contribution in [0.2, 0.25) is 5.02 Å². The molecule has 0 atom stereocenters. The summed E-state index contributed by atoms with van der Waals surface area (Å²) in [4.78, 5) is 4.46. The van der Waals surface area contributed by atoms with Gasteiger partial charge in [0.1, 0.15) is 0 Å². The van der Waals surface area contributed by atoms with Crippen LogP contribution < -0.4 is 5.32 Å². The maximum atomic E-state index is 6.34. The molecule has 1 heterocycles. The molecule has 3 aromatic rings. The first-order valence-corrected chi connectivity index (χ1v) is 9.44. The Kier molecular flexibility index (Phi) is 5.29. The average Bonchev–Trinajstić information content (AvgIpc) is 2.62. The fourth-order valence-electron chi connectivity index (χ4n) is 3.54. The number of rotatable bonds is 3. The van der Waals surface area contributed by atoms with Crippen LogP contribution in [-0.2, 0) is 5.54 Å². The molecule has 1 aromatic heterocycles. The molecule has 25 heavy (non-hydrogen) atoms. The Morgan fingerprint density at radius 1 is 1.04 bits per heavy atom. The highest BCUT2D eigenvalue weighted by atomic mass is 35.5. The van der Waals surface area contributed by atoms with Crippen LogP contribution in [0.4, 0.5) is 5.69 Å². The molecular weight excluding hydrogens is 328 g/mol. The lowest BCUT2D eigenvalue weighted by Crippen LogP contribution is -2.42. The lowest BCUT2D eigenvalue weighted by Gasteiger charge is -2.45. The molecule has 0 bridgehead atoms. The Bertz CT molecular complexity index is 869. The number of halogens is 1. The van der Waals surface area contributed by atoms with Crippen molar-refractivity contribution in [2.45, 2.75) is 45.6 Å². The van der Waals surface area contributed by atoms with Gasteiger partial charge in [-0.3, -0.25) is 4.98 Å². The summed E-state index contributed by atoms with van der Waals surface area (Å²) in [6.07, 6.45) is 5.35. The van der Waals surface area contributed by atoms with E-state index in [2.05, 4.69) is 47.6 Å². The lowest BCUT2D eigenvalue weighted by atomic mass is 9.70. The van der Waals surface area contributed by atoms with Crippen molar-refractivity contribution in [2.24, 2.45) is 0 Å². The van der Waals surface area contributed by atoms with Gasteiger partial charge in [0.05, 0.1) is 11.1 Å². The van der Waals surface area contributed by atoms with Crippen molar-refractivity contribution in [1.29, 1.82) is 0 Å². The minimum atomic E-state index is -0.00254. The Morgan fingerprint density at radius 2 is 1.84 bits per heavy atom. The molecule has 1 saturated carbocycles. The van der Waals surface area contributed by atoms with Crippen LogP contribution in [0.15, 0.2) is 54.7 Å². The van der Waals surface area contributed by atoms with Crippen molar-refractivity contribution in [2.75, 3.05) is 5.32 Å². The first-order chi connectivity index (χ1) is 12.2. The van der Waals surface area contributed by atoms with E-state index in [-0.39, 0.29) is 5.54 Å². The van der Waals surface area contributed by atoms with Gasteiger partial charge in [-0.2, -0.15) is 0 Å². The molecule has 130 valence electrons. The van der Waals surface area contributed by atoms with Gasteiger partial charge < -0.3 is 5.32 Å². The number of hydrogen-bond acceptors (Lipinski definition) is 2. The fraction of sp³-hybridized carbons (Fsp3) is 0.318. The zero-order valence-corrected chi connectivity index (χ0v) is 15.9. The second-order valence-electron chi connectivity index (χ2n) is 6.38. The van der Waals surface area contributed by atoms with Crippen molar-refractivity contribution < 1.29 is 0 Å². The normalized spacial score (nSPS) is 15.0. The molecule has 1 aliphatic carbocycles. The van der Waals surface area contributed by atoms with Gasteiger partial charge in [-0.05, 0) is 61.6 Å². The number of aromatic nitrogens is 1. The number of hydrogen-bond donors (Lipinski definition) is 1. The van der Waals surface area contributed by atoms with Crippen LogP contribution in [0.3, 0.4) is 0 Å². The second-order valence-corrected chi connectivity index (χ2v) is 6.79. The smallest absolute Gasteiger partial charge is 0.0722 e. The van der Waals surface area contributed by atoms with Gasteiger partial charge in [-0.1, -0.05) is 49.7 Å². The van der Waals surface area contributed by atoms with E-state index in [0.717, 1.165) is 29.1 Å². The molecule has 1 N–H and O–H groups in total. The van der Waals surface area contributed by atoms with Crippen LogP contribution in [-0.4, -0.2) is 4.98 Å². The summed E-state index contributed by atoms with van der Waals surface area (Å²) in [5.74, 6) is 0. The fourth-order valence-corrected chi connectivity index (χ4v) is 3.71. The van der Waals surface area contributed by atoms with Crippen molar-refractivity contribution in [3.8, 4) is 0 Å². The largest absolute Gasteiger partial charge is 0.375 e. The molecule has 0 unspecified atom stereocenters. The molecule has 1 fully saturated rings. The summed E-state index contributed by atoms with van der Waals surface area (Å²) >= 11 is 6.34. The summed E-state index contributed by atoms with van der Waals surface area (Å²) in [6, 6.07) is 16.7. The predicted molar refractivity (Wildman–Crippen MR) is 108 cm³/mol. The molecule has 1 aliphatic rings. The SMILES string of the molecule is CC.Cc1c(Cl)cccc1C1(Nc2ccc3cccnc3c2)CCC1. The molecule has 4 rings (SSSR count). The predicted octanol–water partition coefficient (Wildman–Crippen LogP) is 6.71. The third-order valence-electron chi connectivity index (χ3n) is 4.98. The molecule has 0 saturated heterocycles. The van der Waals surface area contributed by atoms with Crippen molar-refractivity contribution in [1.82, 2.24) is 4.98 Å². The Hall–Kier alpha value is -2.06. The van der Waals surface area contributed by atoms with Gasteiger partial charge in [0.25, 0.3) is 0 Å². The van der Waals surface area contributed by atoms with Crippen LogP contribution >= 0.6 is 11.6 Å². The maximum Gasteiger partial charge on any atom is 0.0722 e. The van der Waals surface area contributed by atoms with Gasteiger partial charge in [0.2, 0.25) is 0 Å². The number of nitrogens with zero attached hydrogens (tertiary/aromatic N) is 1. The van der Waals surface area contributed by atoms with E-state index < -0.39 is 0 Å². The van der Waals surface area contributed by atoms with Crippen molar-refractivity contribution in [3.05, 3.63) is 70.9 Å².